The van der Waals surface area contributed by atoms with Gasteiger partial charge in [-0.25, -0.2) is 0 Å². The molecule has 0 spiro atoms. The molecular weight excluding hydrogens is 214 g/mol. The smallest absolute Gasteiger partial charge is 1.00 e. The molecule has 0 rings (SSSR count). The molecule has 7 heteroatoms. The fourth-order valence-corrected chi connectivity index (χ4v) is 1.31. The van der Waals surface area contributed by atoms with Crippen LogP contribution in [0.4, 0.5) is 0 Å². The molecule has 0 saturated carbocycles. The van der Waals surface area contributed by atoms with Crippen molar-refractivity contribution in [1.29, 1.82) is 0 Å². The van der Waals surface area contributed by atoms with Crippen LogP contribution in [0.25, 0.3) is 0 Å². The maximum atomic E-state index is 11.0. The summed E-state index contributed by atoms with van der Waals surface area (Å²) in [6.45, 7) is 2.89. The van der Waals surface area contributed by atoms with Crippen LogP contribution in [-0.4, -0.2) is 19.4 Å². The molecule has 0 aromatic carbocycles. The van der Waals surface area contributed by atoms with E-state index in [1.54, 1.807) is 0 Å². The van der Waals surface area contributed by atoms with Gasteiger partial charge in [0, 0.05) is 11.0 Å². The van der Waals surface area contributed by atoms with Crippen molar-refractivity contribution in [3.05, 3.63) is 0 Å². The number of nitrogens with two attached hydrogens (primary N) is 2. The summed E-state index contributed by atoms with van der Waals surface area (Å²) in [5.74, 6) is 0. The molecule has 0 fully saturated rings. The zero-order chi connectivity index (χ0) is 10.1. The van der Waals surface area contributed by atoms with Gasteiger partial charge >= 0.3 is 37.8 Å². The molecule has 14 heavy (non-hydrogen) atoms. The monoisotopic (exact) mass is 233 g/mol. The average Bonchev–Trinajstić information content (AvgIpc) is 2.05. The van der Waals surface area contributed by atoms with Gasteiger partial charge in [0.25, 0.3) is 0 Å². The Labute approximate surface area is 110 Å². The molecule has 0 heterocycles. The van der Waals surface area contributed by atoms with Crippen LogP contribution < -0.4 is 41.0 Å². The zero-order valence-electron chi connectivity index (χ0n) is 9.94. The van der Waals surface area contributed by atoms with Gasteiger partial charge in [-0.3, -0.25) is 0 Å². The summed E-state index contributed by atoms with van der Waals surface area (Å²) in [6, 6.07) is 0. The molecule has 0 aromatic heterocycles. The quantitative estimate of drug-likeness (QED) is 0.224. The maximum Gasteiger partial charge on any atom is 1.00 e. The van der Waals surface area contributed by atoms with Crippen LogP contribution in [-0.2, 0) is 13.6 Å². The Balaban J connectivity index is -0.000000720. The predicted octanol–water partition coefficient (Wildman–Crippen LogP) is -1.77. The van der Waals surface area contributed by atoms with E-state index < -0.39 is 14.5 Å². The second-order valence-electron chi connectivity index (χ2n) is 2.63. The van der Waals surface area contributed by atoms with E-state index in [9.17, 15) is 4.57 Å². The van der Waals surface area contributed by atoms with Gasteiger partial charge in [-0.1, -0.05) is 13.3 Å². The third kappa shape index (κ3) is 11.0. The molecule has 2 unspecified atom stereocenters. The fraction of sp³-hybridized carbons (Fsp3) is 1.00. The topological polar surface area (TPSA) is 87.6 Å². The molecule has 2 atom stereocenters. The first-order valence-electron chi connectivity index (χ1n) is 4.43. The second kappa shape index (κ2) is 12.0. The number of hydrogen-bond donors (Lipinski definition) is 2. The Hall–Kier alpha value is 0.940. The first-order valence-corrected chi connectivity index (χ1v) is 5.52. The van der Waals surface area contributed by atoms with E-state index in [0.717, 1.165) is 12.8 Å². The third-order valence-corrected chi connectivity index (χ3v) is 2.20. The minimum Gasteiger partial charge on any atom is -1.00 e. The summed E-state index contributed by atoms with van der Waals surface area (Å²) in [5.41, 5.74) is 10.7. The van der Waals surface area contributed by atoms with Crippen molar-refractivity contribution in [1.82, 2.24) is 0 Å². The molecule has 0 amide bonds. The fourth-order valence-electron chi connectivity index (χ4n) is 0.641. The van der Waals surface area contributed by atoms with Gasteiger partial charge in [0.2, 0.25) is 0 Å². The van der Waals surface area contributed by atoms with E-state index in [2.05, 4.69) is 0 Å². The molecule has 0 bridgehead atoms. The maximum absolute atomic E-state index is 11.0. The van der Waals surface area contributed by atoms with Crippen LogP contribution in [0.1, 0.15) is 27.6 Å². The van der Waals surface area contributed by atoms with Gasteiger partial charge in [-0.15, -0.1) is 9.05 Å². The minimum atomic E-state index is -2.07. The molecule has 4 N–H and O–H groups in total. The van der Waals surface area contributed by atoms with Gasteiger partial charge in [0.05, 0.1) is 0 Å². The van der Waals surface area contributed by atoms with Gasteiger partial charge < -0.3 is 12.9 Å². The summed E-state index contributed by atoms with van der Waals surface area (Å²) >= 11 is 0. The molecule has 0 aliphatic rings. The third-order valence-electron chi connectivity index (χ3n) is 1.37. The SMILES string of the molecule is CCCCO[P+](=O)OC(N)CCN.[H-].[Na+]. The summed E-state index contributed by atoms with van der Waals surface area (Å²) in [4.78, 5) is 0. The van der Waals surface area contributed by atoms with Gasteiger partial charge in [0.1, 0.15) is 6.61 Å². The number of hydrogen-bond acceptors (Lipinski definition) is 5. The molecule has 0 radical (unpaired) electrons. The van der Waals surface area contributed by atoms with E-state index in [0.29, 0.717) is 19.6 Å². The van der Waals surface area contributed by atoms with Crippen molar-refractivity contribution in [2.75, 3.05) is 13.2 Å². The molecule has 0 saturated heterocycles. The molecule has 0 aromatic rings. The summed E-state index contributed by atoms with van der Waals surface area (Å²) in [6.07, 6.45) is 1.77. The van der Waals surface area contributed by atoms with Crippen LogP contribution >= 0.6 is 8.25 Å². The standard InChI is InChI=1S/C7H18N2O3P.Na.H/c1-2-3-6-11-13(10)12-7(9)4-5-8;;/h7H,2-6,8-9H2,1H3;;/q2*+1;-1. The van der Waals surface area contributed by atoms with Crippen molar-refractivity contribution in [3.63, 3.8) is 0 Å². The first-order chi connectivity index (χ1) is 6.20. The Morgan fingerprint density at radius 3 is 2.71 bits per heavy atom. The largest absolute Gasteiger partial charge is 1.00 e. The van der Waals surface area contributed by atoms with E-state index in [4.69, 9.17) is 20.5 Å². The van der Waals surface area contributed by atoms with E-state index in [1.165, 1.54) is 0 Å². The first kappa shape index (κ1) is 17.3. The van der Waals surface area contributed by atoms with Crippen LogP contribution in [0.15, 0.2) is 0 Å². The zero-order valence-corrected chi connectivity index (χ0v) is 11.8. The van der Waals surface area contributed by atoms with Crippen molar-refractivity contribution < 1.29 is 44.6 Å². The molecule has 0 aliphatic carbocycles. The van der Waals surface area contributed by atoms with Crippen molar-refractivity contribution in [2.24, 2.45) is 11.5 Å². The van der Waals surface area contributed by atoms with Gasteiger partial charge in [-0.2, -0.15) is 0 Å². The Kier molecular flexibility index (Phi) is 14.9. The van der Waals surface area contributed by atoms with Gasteiger partial charge in [-0.05, 0) is 13.0 Å². The van der Waals surface area contributed by atoms with Crippen LogP contribution in [0.2, 0.25) is 0 Å². The van der Waals surface area contributed by atoms with Crippen LogP contribution in [0.5, 0.6) is 0 Å². The average molecular weight is 233 g/mol. The predicted molar refractivity (Wildman–Crippen MR) is 52.3 cm³/mol. The normalized spacial score (nSPS) is 13.2. The van der Waals surface area contributed by atoms with Crippen LogP contribution in [0, 0.1) is 0 Å². The van der Waals surface area contributed by atoms with Crippen molar-refractivity contribution >= 4 is 8.25 Å². The molecule has 5 nitrogen and oxygen atoms in total. The number of unbranched alkanes of at least 4 members (excludes halogenated alkanes) is 1. The van der Waals surface area contributed by atoms with Crippen LogP contribution in [0.3, 0.4) is 0 Å². The Morgan fingerprint density at radius 1 is 1.57 bits per heavy atom. The number of rotatable bonds is 8. The van der Waals surface area contributed by atoms with E-state index in [1.807, 2.05) is 6.92 Å². The summed E-state index contributed by atoms with van der Waals surface area (Å²) in [5, 5.41) is 0. The molecule has 80 valence electrons. The van der Waals surface area contributed by atoms with E-state index in [-0.39, 0.29) is 31.0 Å². The van der Waals surface area contributed by atoms with Crippen molar-refractivity contribution in [3.8, 4) is 0 Å². The molecular formula is C7H19N2NaO3P+. The van der Waals surface area contributed by atoms with E-state index >= 15 is 0 Å². The van der Waals surface area contributed by atoms with Gasteiger partial charge in [0.15, 0.2) is 6.23 Å². The minimum absolute atomic E-state index is 0. The Bertz CT molecular complexity index is 156. The summed E-state index contributed by atoms with van der Waals surface area (Å²) in [7, 11) is -2.07. The second-order valence-corrected chi connectivity index (χ2v) is 3.55. The Morgan fingerprint density at radius 2 is 2.21 bits per heavy atom. The summed E-state index contributed by atoms with van der Waals surface area (Å²) < 4.78 is 20.7. The molecule has 0 aliphatic heterocycles. The van der Waals surface area contributed by atoms with Crippen molar-refractivity contribution in [2.45, 2.75) is 32.4 Å².